The molecule has 0 aliphatic carbocycles. The van der Waals surface area contributed by atoms with E-state index in [9.17, 15) is 0 Å². The average Bonchev–Trinajstić information content (AvgIpc) is 2.65. The Morgan fingerprint density at radius 1 is 0.941 bits per heavy atom. The molecular formula is C13H10N2OS. The summed E-state index contributed by atoms with van der Waals surface area (Å²) >= 11 is 4.80. The maximum absolute atomic E-state index is 5.45. The first kappa shape index (κ1) is 10.1. The lowest BCUT2D eigenvalue weighted by Gasteiger charge is -2.06. The third-order valence-corrected chi connectivity index (χ3v) is 2.79. The summed E-state index contributed by atoms with van der Waals surface area (Å²) in [4.78, 5) is 5.41. The SMILES string of the molecule is NC(=S)On1c2ccccc2c2ccccc21. The normalized spacial score (nSPS) is 10.8. The summed E-state index contributed by atoms with van der Waals surface area (Å²) in [6, 6.07) is 16.0. The molecule has 2 N–H and O–H groups in total. The van der Waals surface area contributed by atoms with Crippen LogP contribution in [0.25, 0.3) is 21.8 Å². The van der Waals surface area contributed by atoms with Gasteiger partial charge in [0.25, 0.3) is 5.17 Å². The van der Waals surface area contributed by atoms with E-state index in [4.69, 9.17) is 22.8 Å². The lowest BCUT2D eigenvalue weighted by Crippen LogP contribution is -2.24. The topological polar surface area (TPSA) is 40.2 Å². The van der Waals surface area contributed by atoms with E-state index >= 15 is 0 Å². The van der Waals surface area contributed by atoms with Gasteiger partial charge in [0.15, 0.2) is 0 Å². The van der Waals surface area contributed by atoms with Crippen molar-refractivity contribution in [1.82, 2.24) is 4.73 Å². The fraction of sp³-hybridized carbons (Fsp3) is 0. The molecule has 0 radical (unpaired) electrons. The van der Waals surface area contributed by atoms with Gasteiger partial charge in [-0.15, -0.1) is 0 Å². The highest BCUT2D eigenvalue weighted by molar-refractivity contribution is 7.80. The molecule has 0 bridgehead atoms. The highest BCUT2D eigenvalue weighted by atomic mass is 32.1. The van der Waals surface area contributed by atoms with Crippen LogP contribution in [0.15, 0.2) is 48.5 Å². The van der Waals surface area contributed by atoms with Crippen LogP contribution >= 0.6 is 12.2 Å². The molecular weight excluding hydrogens is 232 g/mol. The minimum Gasteiger partial charge on any atom is -0.358 e. The van der Waals surface area contributed by atoms with Crippen molar-refractivity contribution in [2.24, 2.45) is 5.73 Å². The van der Waals surface area contributed by atoms with E-state index in [1.165, 1.54) is 0 Å². The Morgan fingerprint density at radius 3 is 1.88 bits per heavy atom. The van der Waals surface area contributed by atoms with Crippen molar-refractivity contribution in [2.75, 3.05) is 0 Å². The van der Waals surface area contributed by atoms with Crippen molar-refractivity contribution in [3.8, 4) is 0 Å². The summed E-state index contributed by atoms with van der Waals surface area (Å²) in [7, 11) is 0. The Hall–Kier alpha value is -2.07. The quantitative estimate of drug-likeness (QED) is 0.666. The van der Waals surface area contributed by atoms with Crippen molar-refractivity contribution in [1.29, 1.82) is 0 Å². The van der Waals surface area contributed by atoms with Gasteiger partial charge in [0, 0.05) is 10.8 Å². The molecule has 3 aromatic rings. The molecule has 0 amide bonds. The van der Waals surface area contributed by atoms with Gasteiger partial charge in [0.05, 0.1) is 11.0 Å². The number of rotatable bonds is 1. The summed E-state index contributed by atoms with van der Waals surface area (Å²) < 4.78 is 1.67. The second-order valence-corrected chi connectivity index (χ2v) is 4.14. The van der Waals surface area contributed by atoms with Gasteiger partial charge in [0.1, 0.15) is 0 Å². The van der Waals surface area contributed by atoms with Gasteiger partial charge in [0.2, 0.25) is 0 Å². The third-order valence-electron chi connectivity index (χ3n) is 2.72. The van der Waals surface area contributed by atoms with Crippen molar-refractivity contribution in [3.63, 3.8) is 0 Å². The van der Waals surface area contributed by atoms with Gasteiger partial charge >= 0.3 is 0 Å². The third kappa shape index (κ3) is 1.54. The highest BCUT2D eigenvalue weighted by Gasteiger charge is 2.10. The zero-order valence-corrected chi connectivity index (χ0v) is 9.78. The van der Waals surface area contributed by atoms with Gasteiger partial charge in [-0.1, -0.05) is 36.4 Å². The fourth-order valence-electron chi connectivity index (χ4n) is 2.08. The van der Waals surface area contributed by atoms with Crippen molar-refractivity contribution in [3.05, 3.63) is 48.5 Å². The van der Waals surface area contributed by atoms with E-state index < -0.39 is 0 Å². The molecule has 1 heterocycles. The first-order valence-electron chi connectivity index (χ1n) is 5.23. The standard InChI is InChI=1S/C13H10N2OS/c14-13(17)16-15-11-7-3-1-5-9(11)10-6-2-4-8-12(10)15/h1-8H,(H2,14,17). The van der Waals surface area contributed by atoms with Crippen molar-refractivity contribution >= 4 is 39.2 Å². The van der Waals surface area contributed by atoms with E-state index in [-0.39, 0.29) is 5.17 Å². The van der Waals surface area contributed by atoms with Crippen LogP contribution in [0.5, 0.6) is 0 Å². The number of thiocarbonyl (C=S) groups is 1. The van der Waals surface area contributed by atoms with Crippen LogP contribution < -0.4 is 10.6 Å². The minimum absolute atomic E-state index is 0.0107. The molecule has 0 saturated carbocycles. The van der Waals surface area contributed by atoms with Crippen LogP contribution in [0.4, 0.5) is 0 Å². The summed E-state index contributed by atoms with van der Waals surface area (Å²) in [6.07, 6.45) is 0. The molecule has 0 aliphatic heterocycles. The maximum atomic E-state index is 5.45. The molecule has 1 aromatic heterocycles. The molecule has 0 atom stereocenters. The predicted octanol–water partition coefficient (Wildman–Crippen LogP) is 2.47. The van der Waals surface area contributed by atoms with E-state index in [0.29, 0.717) is 0 Å². The molecule has 4 heteroatoms. The Kier molecular flexibility index (Phi) is 2.23. The van der Waals surface area contributed by atoms with Crippen LogP contribution in [0.1, 0.15) is 0 Å². The minimum atomic E-state index is 0.0107. The number of nitrogens with zero attached hydrogens (tertiary/aromatic N) is 1. The van der Waals surface area contributed by atoms with E-state index in [1.54, 1.807) is 4.73 Å². The number of nitrogens with two attached hydrogens (primary N) is 1. The lowest BCUT2D eigenvalue weighted by atomic mass is 10.2. The number of aromatic nitrogens is 1. The van der Waals surface area contributed by atoms with E-state index in [2.05, 4.69) is 12.1 Å². The Balaban J connectivity index is 2.45. The number of benzene rings is 2. The van der Waals surface area contributed by atoms with Gasteiger partial charge < -0.3 is 10.6 Å². The van der Waals surface area contributed by atoms with Crippen LogP contribution in [0, 0.1) is 0 Å². The van der Waals surface area contributed by atoms with E-state index in [1.807, 2.05) is 36.4 Å². The second kappa shape index (κ2) is 3.75. The molecule has 2 aromatic carbocycles. The van der Waals surface area contributed by atoms with Gasteiger partial charge in [-0.3, -0.25) is 0 Å². The van der Waals surface area contributed by atoms with Gasteiger partial charge in [-0.25, -0.2) is 0 Å². The van der Waals surface area contributed by atoms with Crippen LogP contribution in [-0.4, -0.2) is 9.90 Å². The summed E-state index contributed by atoms with van der Waals surface area (Å²) in [5.41, 5.74) is 7.37. The molecule has 0 fully saturated rings. The predicted molar refractivity (Wildman–Crippen MR) is 72.8 cm³/mol. The summed E-state index contributed by atoms with van der Waals surface area (Å²) in [5, 5.41) is 2.26. The second-order valence-electron chi connectivity index (χ2n) is 3.74. The first-order chi connectivity index (χ1) is 8.27. The Morgan fingerprint density at radius 2 is 1.41 bits per heavy atom. The molecule has 3 nitrogen and oxygen atoms in total. The monoisotopic (exact) mass is 242 g/mol. The fourth-order valence-corrected chi connectivity index (χ4v) is 2.15. The first-order valence-corrected chi connectivity index (χ1v) is 5.64. The summed E-state index contributed by atoms with van der Waals surface area (Å²) in [6.45, 7) is 0. The zero-order valence-electron chi connectivity index (χ0n) is 8.96. The largest absolute Gasteiger partial charge is 0.358 e. The van der Waals surface area contributed by atoms with Crippen molar-refractivity contribution < 1.29 is 4.84 Å². The van der Waals surface area contributed by atoms with Crippen LogP contribution in [0.2, 0.25) is 0 Å². The van der Waals surface area contributed by atoms with E-state index in [0.717, 1.165) is 21.8 Å². The molecule has 0 spiro atoms. The molecule has 0 saturated heterocycles. The summed E-state index contributed by atoms with van der Waals surface area (Å²) in [5.74, 6) is 0. The van der Waals surface area contributed by atoms with Crippen LogP contribution in [-0.2, 0) is 0 Å². The molecule has 0 unspecified atom stereocenters. The number of hydrogen-bond acceptors (Lipinski definition) is 2. The van der Waals surface area contributed by atoms with Gasteiger partial charge in [-0.2, -0.15) is 4.73 Å². The van der Waals surface area contributed by atoms with Gasteiger partial charge in [-0.05, 0) is 24.4 Å². The molecule has 3 rings (SSSR count). The average molecular weight is 242 g/mol. The smallest absolute Gasteiger partial charge is 0.284 e. The van der Waals surface area contributed by atoms with Crippen LogP contribution in [0.3, 0.4) is 0 Å². The molecule has 0 aliphatic rings. The highest BCUT2D eigenvalue weighted by Crippen LogP contribution is 2.27. The Labute approximate surface area is 103 Å². The number of hydrogen-bond donors (Lipinski definition) is 1. The molecule has 84 valence electrons. The Bertz CT molecular complexity index is 664. The lowest BCUT2D eigenvalue weighted by molar-refractivity contribution is 0.294. The number of para-hydroxylation sites is 2. The van der Waals surface area contributed by atoms with Crippen molar-refractivity contribution in [2.45, 2.75) is 0 Å². The zero-order chi connectivity index (χ0) is 11.8. The number of fused-ring (bicyclic) bond motifs is 3. The molecule has 17 heavy (non-hydrogen) atoms. The maximum Gasteiger partial charge on any atom is 0.284 e.